The number of carbonyl (C=O) groups excluding carboxylic acids is 1. The summed E-state index contributed by atoms with van der Waals surface area (Å²) < 4.78 is 0. The number of hydrogen-bond donors (Lipinski definition) is 1. The number of rotatable bonds is 5. The number of nitrogens with one attached hydrogen (secondary N) is 1. The lowest BCUT2D eigenvalue weighted by atomic mass is 9.94. The van der Waals surface area contributed by atoms with Gasteiger partial charge in [0.2, 0.25) is 5.91 Å². The molecule has 5 rings (SSSR count). The Hall–Kier alpha value is -2.99. The Morgan fingerprint density at radius 1 is 0.875 bits per heavy atom. The third-order valence-corrected chi connectivity index (χ3v) is 6.66. The van der Waals surface area contributed by atoms with Crippen LogP contribution in [-0.2, 0) is 11.3 Å². The van der Waals surface area contributed by atoms with E-state index in [0.29, 0.717) is 12.5 Å². The van der Waals surface area contributed by atoms with Gasteiger partial charge in [-0.1, -0.05) is 30.3 Å². The molecule has 2 aliphatic rings. The van der Waals surface area contributed by atoms with Crippen LogP contribution >= 0.6 is 0 Å². The lowest BCUT2D eigenvalue weighted by Crippen LogP contribution is -2.44. The maximum absolute atomic E-state index is 12.9. The molecule has 6 heteroatoms. The maximum Gasteiger partial charge on any atom is 0.225 e. The number of likely N-dealkylation sites (tertiary alicyclic amines) is 2. The zero-order valence-corrected chi connectivity index (χ0v) is 18.5. The van der Waals surface area contributed by atoms with Gasteiger partial charge >= 0.3 is 0 Å². The summed E-state index contributed by atoms with van der Waals surface area (Å²) >= 11 is 0. The van der Waals surface area contributed by atoms with Crippen LogP contribution in [0, 0.1) is 5.92 Å². The highest BCUT2D eigenvalue weighted by atomic mass is 16.2. The van der Waals surface area contributed by atoms with Gasteiger partial charge in [0, 0.05) is 30.1 Å². The summed E-state index contributed by atoms with van der Waals surface area (Å²) in [4.78, 5) is 27.0. The van der Waals surface area contributed by atoms with Gasteiger partial charge in [0.1, 0.15) is 11.6 Å². The molecule has 0 aliphatic carbocycles. The number of carbonyl (C=O) groups is 1. The predicted molar refractivity (Wildman–Crippen MR) is 128 cm³/mol. The van der Waals surface area contributed by atoms with Crippen molar-refractivity contribution in [2.75, 3.05) is 31.5 Å². The fourth-order valence-electron chi connectivity index (χ4n) is 4.86. The Bertz CT molecular complexity index is 1060. The quantitative estimate of drug-likeness (QED) is 0.642. The molecule has 2 saturated heterocycles. The van der Waals surface area contributed by atoms with Crippen LogP contribution in [0.1, 0.15) is 37.9 Å². The molecule has 32 heavy (non-hydrogen) atoms. The summed E-state index contributed by atoms with van der Waals surface area (Å²) in [5.74, 6) is 2.22. The Balaban J connectivity index is 1.27. The van der Waals surface area contributed by atoms with Crippen LogP contribution in [-0.4, -0.2) is 51.9 Å². The van der Waals surface area contributed by atoms with Crippen LogP contribution < -0.4 is 5.32 Å². The highest BCUT2D eigenvalue weighted by Crippen LogP contribution is 2.26. The molecule has 6 nitrogen and oxygen atoms in total. The third kappa shape index (κ3) is 4.75. The lowest BCUT2D eigenvalue weighted by Gasteiger charge is -2.35. The fraction of sp³-hybridized carbons (Fsp3) is 0.423. The summed E-state index contributed by atoms with van der Waals surface area (Å²) in [6, 6.07) is 18.3. The third-order valence-electron chi connectivity index (χ3n) is 6.66. The van der Waals surface area contributed by atoms with Crippen molar-refractivity contribution >= 4 is 28.3 Å². The molecular formula is C26H31N5O. The first-order chi connectivity index (χ1) is 15.8. The minimum Gasteiger partial charge on any atom is -0.342 e. The van der Waals surface area contributed by atoms with Crippen LogP contribution in [0.3, 0.4) is 0 Å². The number of piperidine rings is 2. The average molecular weight is 430 g/mol. The van der Waals surface area contributed by atoms with Crippen molar-refractivity contribution in [3.8, 4) is 0 Å². The smallest absolute Gasteiger partial charge is 0.225 e. The van der Waals surface area contributed by atoms with Crippen molar-refractivity contribution in [2.45, 2.75) is 38.6 Å². The van der Waals surface area contributed by atoms with Crippen molar-refractivity contribution in [3.05, 3.63) is 60.4 Å². The SMILES string of the molecule is O=C(C1CCN(Cc2nc(Nc3ccccc3)c3ccccc3n2)CC1)N1CCCCC1. The van der Waals surface area contributed by atoms with Crippen LogP contribution in [0.5, 0.6) is 0 Å². The molecule has 0 atom stereocenters. The first-order valence-corrected chi connectivity index (χ1v) is 11.9. The minimum atomic E-state index is 0.178. The van der Waals surface area contributed by atoms with Crippen LogP contribution in [0.15, 0.2) is 54.6 Å². The van der Waals surface area contributed by atoms with Gasteiger partial charge in [-0.15, -0.1) is 0 Å². The van der Waals surface area contributed by atoms with Gasteiger partial charge in [-0.3, -0.25) is 9.69 Å². The van der Waals surface area contributed by atoms with Gasteiger partial charge in [0.15, 0.2) is 0 Å². The lowest BCUT2D eigenvalue weighted by molar-refractivity contribution is -0.138. The normalized spacial score (nSPS) is 18.1. The van der Waals surface area contributed by atoms with Crippen molar-refractivity contribution in [2.24, 2.45) is 5.92 Å². The van der Waals surface area contributed by atoms with E-state index in [-0.39, 0.29) is 5.92 Å². The molecule has 0 saturated carbocycles. The molecule has 2 aromatic carbocycles. The van der Waals surface area contributed by atoms with E-state index in [1.165, 1.54) is 6.42 Å². The second kappa shape index (κ2) is 9.65. The largest absolute Gasteiger partial charge is 0.342 e. The van der Waals surface area contributed by atoms with Crippen molar-refractivity contribution in [3.63, 3.8) is 0 Å². The van der Waals surface area contributed by atoms with E-state index in [0.717, 1.165) is 80.1 Å². The molecular weight excluding hydrogens is 398 g/mol. The van der Waals surface area contributed by atoms with Crippen molar-refractivity contribution in [1.82, 2.24) is 19.8 Å². The second-order valence-corrected chi connectivity index (χ2v) is 8.93. The van der Waals surface area contributed by atoms with E-state index >= 15 is 0 Å². The van der Waals surface area contributed by atoms with Crippen molar-refractivity contribution in [1.29, 1.82) is 0 Å². The number of hydrogen-bond acceptors (Lipinski definition) is 5. The van der Waals surface area contributed by atoms with E-state index in [2.05, 4.69) is 21.2 Å². The van der Waals surface area contributed by atoms with Crippen LogP contribution in [0.2, 0.25) is 0 Å². The summed E-state index contributed by atoms with van der Waals surface area (Å²) in [7, 11) is 0. The molecule has 1 aromatic heterocycles. The highest BCUT2D eigenvalue weighted by Gasteiger charge is 2.29. The minimum absolute atomic E-state index is 0.178. The molecule has 1 amide bonds. The van der Waals surface area contributed by atoms with Crippen LogP contribution in [0.25, 0.3) is 10.9 Å². The summed E-state index contributed by atoms with van der Waals surface area (Å²) in [5.41, 5.74) is 1.96. The van der Waals surface area contributed by atoms with Gasteiger partial charge in [-0.25, -0.2) is 9.97 Å². The van der Waals surface area contributed by atoms with E-state index in [4.69, 9.17) is 9.97 Å². The van der Waals surface area contributed by atoms with E-state index < -0.39 is 0 Å². The van der Waals surface area contributed by atoms with Gasteiger partial charge < -0.3 is 10.2 Å². The second-order valence-electron chi connectivity index (χ2n) is 8.93. The molecule has 3 aromatic rings. The molecule has 2 aliphatic heterocycles. The first kappa shape index (κ1) is 20.9. The summed E-state index contributed by atoms with van der Waals surface area (Å²) in [6.07, 6.45) is 5.43. The number of nitrogens with zero attached hydrogens (tertiary/aromatic N) is 4. The number of benzene rings is 2. The predicted octanol–water partition coefficient (Wildman–Crippen LogP) is 4.60. The Morgan fingerprint density at radius 2 is 1.59 bits per heavy atom. The van der Waals surface area contributed by atoms with Gasteiger partial charge in [0.25, 0.3) is 0 Å². The molecule has 1 N–H and O–H groups in total. The highest BCUT2D eigenvalue weighted by molar-refractivity contribution is 5.90. The van der Waals surface area contributed by atoms with Crippen molar-refractivity contribution < 1.29 is 4.79 Å². The van der Waals surface area contributed by atoms with Gasteiger partial charge in [-0.05, 0) is 69.5 Å². The van der Waals surface area contributed by atoms with Gasteiger partial charge in [-0.2, -0.15) is 0 Å². The molecule has 3 heterocycles. The standard InChI is InChI=1S/C26H31N5O/c32-26(31-15-7-2-8-16-31)20-13-17-30(18-14-20)19-24-28-23-12-6-5-11-22(23)25(29-24)27-21-9-3-1-4-10-21/h1,3-6,9-12,20H,2,7-8,13-19H2,(H,27,28,29). The Kier molecular flexibility index (Phi) is 6.30. The molecule has 2 fully saturated rings. The van der Waals surface area contributed by atoms with E-state index in [9.17, 15) is 4.79 Å². The maximum atomic E-state index is 12.9. The molecule has 0 unspecified atom stereocenters. The molecule has 0 spiro atoms. The number of fused-ring (bicyclic) bond motifs is 1. The van der Waals surface area contributed by atoms with E-state index in [1.54, 1.807) is 0 Å². The monoisotopic (exact) mass is 429 g/mol. The van der Waals surface area contributed by atoms with E-state index in [1.807, 2.05) is 48.5 Å². The summed E-state index contributed by atoms with van der Waals surface area (Å²) in [5, 5.41) is 4.48. The zero-order chi connectivity index (χ0) is 21.8. The number of para-hydroxylation sites is 2. The Labute approximate surface area is 189 Å². The summed E-state index contributed by atoms with van der Waals surface area (Å²) in [6.45, 7) is 4.44. The molecule has 166 valence electrons. The van der Waals surface area contributed by atoms with Gasteiger partial charge in [0.05, 0.1) is 12.1 Å². The number of aromatic nitrogens is 2. The molecule has 0 bridgehead atoms. The topological polar surface area (TPSA) is 61.4 Å². The average Bonchev–Trinajstić information content (AvgIpc) is 2.85. The number of amides is 1. The fourth-order valence-corrected chi connectivity index (χ4v) is 4.86. The zero-order valence-electron chi connectivity index (χ0n) is 18.5. The number of anilines is 2. The Morgan fingerprint density at radius 3 is 2.38 bits per heavy atom. The first-order valence-electron chi connectivity index (χ1n) is 11.9. The van der Waals surface area contributed by atoms with Crippen LogP contribution in [0.4, 0.5) is 11.5 Å². The molecule has 0 radical (unpaired) electrons.